The number of amides is 1. The number of sulfone groups is 1. The predicted octanol–water partition coefficient (Wildman–Crippen LogP) is 3.64. The number of carbonyl (C=O) groups excluding carboxylic acids is 1. The Hall–Kier alpha value is -3.49. The van der Waals surface area contributed by atoms with Gasteiger partial charge in [0.05, 0.1) is 22.5 Å². The summed E-state index contributed by atoms with van der Waals surface area (Å²) in [5.41, 5.74) is 4.31. The lowest BCUT2D eigenvalue weighted by atomic mass is 10.0. The number of aromatic amines is 1. The predicted molar refractivity (Wildman–Crippen MR) is 130 cm³/mol. The number of hydrogen-bond acceptors (Lipinski definition) is 5. The van der Waals surface area contributed by atoms with Crippen LogP contribution in [0.15, 0.2) is 78.9 Å². The van der Waals surface area contributed by atoms with E-state index in [2.05, 4.69) is 15.3 Å². The number of fused-ring (bicyclic) bond motifs is 1. The molecule has 1 fully saturated rings. The third-order valence-electron chi connectivity index (χ3n) is 5.92. The molecule has 1 aromatic heterocycles. The van der Waals surface area contributed by atoms with Gasteiger partial charge in [-0.25, -0.2) is 13.4 Å². The third-order valence-corrected chi connectivity index (χ3v) is 7.53. The number of benzene rings is 3. The van der Waals surface area contributed by atoms with Gasteiger partial charge in [-0.2, -0.15) is 0 Å². The molecule has 1 atom stereocenters. The number of hydrogen-bond donors (Lipinski definition) is 2. The SMILES string of the molecule is O=C(Nc1ccc(-c2nc3ccccc3[nH]2)cc1)C(c1ccccc1)N1CCS(=O)(=O)CC1. The Balaban J connectivity index is 1.35. The number of H-pyrrole nitrogens is 1. The first-order valence-corrected chi connectivity index (χ1v) is 12.7. The lowest BCUT2D eigenvalue weighted by Crippen LogP contribution is -2.46. The van der Waals surface area contributed by atoms with Gasteiger partial charge in [-0.15, -0.1) is 0 Å². The van der Waals surface area contributed by atoms with Crippen LogP contribution in [-0.2, 0) is 14.6 Å². The molecule has 33 heavy (non-hydrogen) atoms. The molecule has 1 saturated heterocycles. The Bertz CT molecular complexity index is 1340. The van der Waals surface area contributed by atoms with Crippen molar-refractivity contribution in [1.29, 1.82) is 0 Å². The van der Waals surface area contributed by atoms with Crippen molar-refractivity contribution >= 4 is 32.5 Å². The molecule has 4 aromatic rings. The first kappa shape index (κ1) is 21.4. The number of para-hydroxylation sites is 2. The van der Waals surface area contributed by atoms with Crippen LogP contribution in [0.3, 0.4) is 0 Å². The Labute approximate surface area is 192 Å². The van der Waals surface area contributed by atoms with Gasteiger partial charge < -0.3 is 10.3 Å². The van der Waals surface area contributed by atoms with Gasteiger partial charge in [0.25, 0.3) is 0 Å². The molecule has 1 amide bonds. The quantitative estimate of drug-likeness (QED) is 0.474. The minimum absolute atomic E-state index is 0.0653. The van der Waals surface area contributed by atoms with E-state index in [0.29, 0.717) is 18.8 Å². The van der Waals surface area contributed by atoms with Gasteiger partial charge >= 0.3 is 0 Å². The molecule has 2 heterocycles. The fourth-order valence-electron chi connectivity index (χ4n) is 4.16. The summed E-state index contributed by atoms with van der Waals surface area (Å²) >= 11 is 0. The molecular formula is C25H24N4O3S. The van der Waals surface area contributed by atoms with Crippen LogP contribution < -0.4 is 5.32 Å². The number of nitrogens with zero attached hydrogens (tertiary/aromatic N) is 2. The fraction of sp³-hybridized carbons (Fsp3) is 0.200. The van der Waals surface area contributed by atoms with E-state index in [1.807, 2.05) is 83.8 Å². The highest BCUT2D eigenvalue weighted by Gasteiger charge is 2.32. The standard InChI is InChI=1S/C25H24N4O3S/c30-25(23(18-6-2-1-3-7-18)29-14-16-33(31,32)17-15-29)26-20-12-10-19(11-13-20)24-27-21-8-4-5-9-22(21)28-24/h1-13,23H,14-17H2,(H,26,30)(H,27,28). The van der Waals surface area contributed by atoms with Crippen LogP contribution in [0.1, 0.15) is 11.6 Å². The van der Waals surface area contributed by atoms with Gasteiger partial charge in [-0.1, -0.05) is 42.5 Å². The molecule has 0 bridgehead atoms. The summed E-state index contributed by atoms with van der Waals surface area (Å²) in [6.07, 6.45) is 0. The third kappa shape index (κ3) is 4.67. The second-order valence-electron chi connectivity index (χ2n) is 8.17. The summed E-state index contributed by atoms with van der Waals surface area (Å²) in [4.78, 5) is 23.2. The van der Waals surface area contributed by atoms with Crippen LogP contribution >= 0.6 is 0 Å². The summed E-state index contributed by atoms with van der Waals surface area (Å²) in [5, 5.41) is 3.00. The van der Waals surface area contributed by atoms with E-state index < -0.39 is 15.9 Å². The zero-order valence-corrected chi connectivity index (χ0v) is 18.8. The smallest absolute Gasteiger partial charge is 0.246 e. The molecule has 0 aliphatic carbocycles. The minimum Gasteiger partial charge on any atom is -0.338 e. The van der Waals surface area contributed by atoms with E-state index in [9.17, 15) is 13.2 Å². The maximum Gasteiger partial charge on any atom is 0.246 e. The van der Waals surface area contributed by atoms with E-state index in [1.54, 1.807) is 0 Å². The van der Waals surface area contributed by atoms with Crippen molar-refractivity contribution in [2.75, 3.05) is 29.9 Å². The van der Waals surface area contributed by atoms with Crippen molar-refractivity contribution in [2.24, 2.45) is 0 Å². The second kappa shape index (κ2) is 8.80. The van der Waals surface area contributed by atoms with Crippen LogP contribution in [0.4, 0.5) is 5.69 Å². The van der Waals surface area contributed by atoms with Crippen LogP contribution in [0.2, 0.25) is 0 Å². The van der Waals surface area contributed by atoms with Crippen molar-refractivity contribution in [3.05, 3.63) is 84.4 Å². The minimum atomic E-state index is -3.04. The highest BCUT2D eigenvalue weighted by molar-refractivity contribution is 7.91. The van der Waals surface area contributed by atoms with E-state index >= 15 is 0 Å². The van der Waals surface area contributed by atoms with Crippen molar-refractivity contribution in [3.63, 3.8) is 0 Å². The van der Waals surface area contributed by atoms with Crippen molar-refractivity contribution in [3.8, 4) is 11.4 Å². The average molecular weight is 461 g/mol. The summed E-state index contributed by atoms with van der Waals surface area (Å²) in [5.74, 6) is 0.716. The topological polar surface area (TPSA) is 95.2 Å². The summed E-state index contributed by atoms with van der Waals surface area (Å²) < 4.78 is 23.8. The number of rotatable bonds is 5. The summed E-state index contributed by atoms with van der Waals surface area (Å²) in [6, 6.07) is 24.3. The molecule has 2 N–H and O–H groups in total. The van der Waals surface area contributed by atoms with Gasteiger partial charge in [0.1, 0.15) is 11.9 Å². The maximum absolute atomic E-state index is 13.3. The average Bonchev–Trinajstić information content (AvgIpc) is 3.26. The van der Waals surface area contributed by atoms with E-state index in [-0.39, 0.29) is 17.4 Å². The Morgan fingerprint density at radius 3 is 2.27 bits per heavy atom. The van der Waals surface area contributed by atoms with Crippen molar-refractivity contribution < 1.29 is 13.2 Å². The molecule has 168 valence electrons. The molecule has 5 rings (SSSR count). The number of anilines is 1. The molecule has 1 unspecified atom stereocenters. The molecular weight excluding hydrogens is 436 g/mol. The summed E-state index contributed by atoms with van der Waals surface area (Å²) in [7, 11) is -3.04. The van der Waals surface area contributed by atoms with E-state index in [4.69, 9.17) is 0 Å². The highest BCUT2D eigenvalue weighted by Crippen LogP contribution is 2.26. The zero-order valence-electron chi connectivity index (χ0n) is 17.9. The zero-order chi connectivity index (χ0) is 22.8. The monoisotopic (exact) mass is 460 g/mol. The van der Waals surface area contributed by atoms with Gasteiger partial charge in [0.2, 0.25) is 5.91 Å². The summed E-state index contributed by atoms with van der Waals surface area (Å²) in [6.45, 7) is 0.667. The first-order valence-electron chi connectivity index (χ1n) is 10.8. The van der Waals surface area contributed by atoms with Crippen LogP contribution in [-0.4, -0.2) is 53.8 Å². The maximum atomic E-state index is 13.3. The van der Waals surface area contributed by atoms with Crippen LogP contribution in [0.5, 0.6) is 0 Å². The van der Waals surface area contributed by atoms with Crippen LogP contribution in [0.25, 0.3) is 22.4 Å². The van der Waals surface area contributed by atoms with Gasteiger partial charge in [-0.05, 0) is 42.0 Å². The van der Waals surface area contributed by atoms with Gasteiger partial charge in [0.15, 0.2) is 9.84 Å². The van der Waals surface area contributed by atoms with Crippen molar-refractivity contribution in [2.45, 2.75) is 6.04 Å². The number of nitrogens with one attached hydrogen (secondary N) is 2. The molecule has 0 saturated carbocycles. The fourth-order valence-corrected chi connectivity index (χ4v) is 5.39. The Kier molecular flexibility index (Phi) is 5.70. The molecule has 1 aliphatic heterocycles. The highest BCUT2D eigenvalue weighted by atomic mass is 32.2. The van der Waals surface area contributed by atoms with E-state index in [0.717, 1.165) is 28.0 Å². The largest absolute Gasteiger partial charge is 0.338 e. The molecule has 0 spiro atoms. The number of aromatic nitrogens is 2. The van der Waals surface area contributed by atoms with Crippen molar-refractivity contribution in [1.82, 2.24) is 14.9 Å². The molecule has 3 aromatic carbocycles. The van der Waals surface area contributed by atoms with Crippen LogP contribution in [0, 0.1) is 0 Å². The molecule has 0 radical (unpaired) electrons. The Morgan fingerprint density at radius 1 is 0.909 bits per heavy atom. The first-order chi connectivity index (χ1) is 16.0. The molecule has 1 aliphatic rings. The normalized spacial score (nSPS) is 17.0. The Morgan fingerprint density at radius 2 is 1.58 bits per heavy atom. The van der Waals surface area contributed by atoms with Gasteiger partial charge in [0, 0.05) is 24.3 Å². The number of carbonyl (C=O) groups is 1. The number of imidazole rings is 1. The van der Waals surface area contributed by atoms with E-state index in [1.165, 1.54) is 0 Å². The molecule has 7 nitrogen and oxygen atoms in total. The molecule has 8 heteroatoms. The second-order valence-corrected chi connectivity index (χ2v) is 10.5. The van der Waals surface area contributed by atoms with Gasteiger partial charge in [-0.3, -0.25) is 9.69 Å². The lowest BCUT2D eigenvalue weighted by Gasteiger charge is -2.33. The lowest BCUT2D eigenvalue weighted by molar-refractivity contribution is -0.121.